The van der Waals surface area contributed by atoms with Crippen LogP contribution in [-0.2, 0) is 16.8 Å². The minimum atomic E-state index is -5.25. The Balaban J connectivity index is 1.84. The largest absolute Gasteiger partial charge is 0.507 e. The van der Waals surface area contributed by atoms with Crippen LogP contribution in [0.5, 0.6) is 11.8 Å². The fourth-order valence-corrected chi connectivity index (χ4v) is 5.29. The molecule has 33 heavy (non-hydrogen) atoms. The highest BCUT2D eigenvalue weighted by molar-refractivity contribution is 9.10. The number of benzene rings is 2. The first-order valence-corrected chi connectivity index (χ1v) is 11.9. The zero-order valence-electron chi connectivity index (χ0n) is 16.9. The molecule has 10 heteroatoms. The molecule has 0 aliphatic rings. The van der Waals surface area contributed by atoms with Crippen molar-refractivity contribution in [1.29, 1.82) is 0 Å². The van der Waals surface area contributed by atoms with Crippen LogP contribution in [0.3, 0.4) is 0 Å². The van der Waals surface area contributed by atoms with Crippen LogP contribution in [0, 0.1) is 6.57 Å². The molecule has 2 aromatic carbocycles. The molecule has 0 radical (unpaired) electrons. The lowest BCUT2D eigenvalue weighted by molar-refractivity contribution is 0.0596. The van der Waals surface area contributed by atoms with Gasteiger partial charge in [-0.05, 0) is 41.1 Å². The van der Waals surface area contributed by atoms with Gasteiger partial charge in [-0.2, -0.15) is 8.78 Å². The van der Waals surface area contributed by atoms with Crippen molar-refractivity contribution in [3.8, 4) is 11.8 Å². The second kappa shape index (κ2) is 9.26. The quantitative estimate of drug-likeness (QED) is 0.187. The maximum atomic E-state index is 16.0. The molecule has 0 saturated heterocycles. The monoisotopic (exact) mass is 529 g/mol. The first-order valence-electron chi connectivity index (χ1n) is 9.57. The number of rotatable bonds is 7. The van der Waals surface area contributed by atoms with E-state index >= 15 is 8.78 Å². The molecule has 0 amide bonds. The van der Waals surface area contributed by atoms with E-state index < -0.39 is 18.8 Å². The predicted molar refractivity (Wildman–Crippen MR) is 123 cm³/mol. The van der Waals surface area contributed by atoms with E-state index in [0.29, 0.717) is 16.3 Å². The highest BCUT2D eigenvalue weighted by Gasteiger charge is 2.59. The third-order valence-corrected chi connectivity index (χ3v) is 7.06. The van der Waals surface area contributed by atoms with Crippen molar-refractivity contribution in [3.05, 3.63) is 106 Å². The summed E-state index contributed by atoms with van der Waals surface area (Å²) in [6, 6.07) is 16.6. The Morgan fingerprint density at radius 3 is 2.12 bits per heavy atom. The Hall–Kier alpha value is -3.34. The van der Waals surface area contributed by atoms with E-state index in [1.807, 2.05) is 0 Å². The molecule has 4 aromatic rings. The van der Waals surface area contributed by atoms with E-state index in [-0.39, 0.29) is 22.8 Å². The van der Waals surface area contributed by atoms with Crippen LogP contribution in [0.2, 0.25) is 0 Å². The van der Waals surface area contributed by atoms with Gasteiger partial charge in [0.1, 0.15) is 0 Å². The SMILES string of the molecule is [C-]#[N+]Cc1ccc2cc(Br)c(C(F)(F)P(=O)(Oc3ccccn3)Oc3ccccn3)cc2c1. The maximum Gasteiger partial charge on any atom is 0.507 e. The van der Waals surface area contributed by atoms with Gasteiger partial charge in [0.2, 0.25) is 18.3 Å². The molecule has 2 heterocycles. The van der Waals surface area contributed by atoms with Crippen LogP contribution < -0.4 is 9.05 Å². The average Bonchev–Trinajstić information content (AvgIpc) is 2.80. The van der Waals surface area contributed by atoms with E-state index in [1.54, 1.807) is 30.3 Å². The fourth-order valence-electron chi connectivity index (χ4n) is 3.07. The van der Waals surface area contributed by atoms with Gasteiger partial charge in [-0.25, -0.2) is 21.1 Å². The van der Waals surface area contributed by atoms with Gasteiger partial charge < -0.3 is 13.9 Å². The van der Waals surface area contributed by atoms with Crippen molar-refractivity contribution in [2.24, 2.45) is 0 Å². The van der Waals surface area contributed by atoms with Crippen molar-refractivity contribution in [1.82, 2.24) is 9.97 Å². The smallest absolute Gasteiger partial charge is 0.393 e. The van der Waals surface area contributed by atoms with E-state index in [9.17, 15) is 4.57 Å². The molecule has 0 saturated carbocycles. The molecule has 0 N–H and O–H groups in total. The molecule has 0 unspecified atom stereocenters. The van der Waals surface area contributed by atoms with Crippen molar-refractivity contribution in [3.63, 3.8) is 0 Å². The van der Waals surface area contributed by atoms with Crippen LogP contribution in [-0.4, -0.2) is 9.97 Å². The van der Waals surface area contributed by atoms with Gasteiger partial charge in [-0.1, -0.05) is 40.2 Å². The highest BCUT2D eigenvalue weighted by atomic mass is 79.9. The van der Waals surface area contributed by atoms with E-state index in [4.69, 9.17) is 15.6 Å². The molecular formula is C23H15BrF2N3O3P. The molecule has 4 rings (SSSR count). The van der Waals surface area contributed by atoms with Gasteiger partial charge >= 0.3 is 13.3 Å². The molecule has 2 aromatic heterocycles. The highest BCUT2D eigenvalue weighted by Crippen LogP contribution is 2.66. The first-order chi connectivity index (χ1) is 15.8. The second-order valence-electron chi connectivity index (χ2n) is 6.89. The van der Waals surface area contributed by atoms with E-state index in [0.717, 1.165) is 0 Å². The second-order valence-corrected chi connectivity index (χ2v) is 9.66. The average molecular weight is 530 g/mol. The van der Waals surface area contributed by atoms with Crippen molar-refractivity contribution >= 4 is 34.3 Å². The Labute approximate surface area is 196 Å². The summed E-state index contributed by atoms with van der Waals surface area (Å²) in [5.41, 5.74) is -4.01. The standard InChI is InChI=1S/C23H15BrF2N3O3P/c1-27-15-16-8-9-17-14-20(24)19(13-18(17)12-16)23(25,26)33(30,31-21-6-2-4-10-28-21)32-22-7-3-5-11-29-22/h2-14H,15H2. The number of halogens is 3. The lowest BCUT2D eigenvalue weighted by Crippen LogP contribution is -2.22. The summed E-state index contributed by atoms with van der Waals surface area (Å²) in [6.45, 7) is 7.15. The zero-order chi connectivity index (χ0) is 23.5. The molecule has 0 fully saturated rings. The normalized spacial score (nSPS) is 11.7. The molecule has 0 bridgehead atoms. The number of hydrogen-bond acceptors (Lipinski definition) is 5. The van der Waals surface area contributed by atoms with Crippen LogP contribution in [0.25, 0.3) is 15.6 Å². The third kappa shape index (κ3) is 4.72. The summed E-state index contributed by atoms with van der Waals surface area (Å²) in [4.78, 5) is 11.0. The van der Waals surface area contributed by atoms with Crippen LogP contribution >= 0.6 is 23.5 Å². The first kappa shape index (κ1) is 22.8. The third-order valence-electron chi connectivity index (χ3n) is 4.62. The van der Waals surface area contributed by atoms with Gasteiger partial charge in [0.05, 0.1) is 5.56 Å². The van der Waals surface area contributed by atoms with E-state index in [2.05, 4.69) is 30.7 Å². The summed E-state index contributed by atoms with van der Waals surface area (Å²) >= 11 is 3.17. The van der Waals surface area contributed by atoms with Gasteiger partial charge in [0, 0.05) is 34.6 Å². The number of fused-ring (bicyclic) bond motifs is 1. The topological polar surface area (TPSA) is 65.7 Å². The summed E-state index contributed by atoms with van der Waals surface area (Å²) in [5.74, 6) is -0.569. The van der Waals surface area contributed by atoms with Crippen molar-refractivity contribution in [2.75, 3.05) is 0 Å². The number of hydrogen-bond donors (Lipinski definition) is 0. The number of aromatic nitrogens is 2. The zero-order valence-corrected chi connectivity index (χ0v) is 19.3. The Bertz CT molecular complexity index is 1340. The van der Waals surface area contributed by atoms with Gasteiger partial charge in [-0.3, -0.25) is 0 Å². The van der Waals surface area contributed by atoms with Crippen molar-refractivity contribution < 1.29 is 22.4 Å². The molecule has 0 spiro atoms. The number of alkyl halides is 2. The molecular weight excluding hydrogens is 515 g/mol. The van der Waals surface area contributed by atoms with Crippen LogP contribution in [0.4, 0.5) is 8.78 Å². The van der Waals surface area contributed by atoms with Crippen molar-refractivity contribution in [2.45, 2.75) is 12.2 Å². The lowest BCUT2D eigenvalue weighted by atomic mass is 10.0. The fraction of sp³-hybridized carbons (Fsp3) is 0.0870. The Morgan fingerprint density at radius 2 is 1.58 bits per heavy atom. The van der Waals surface area contributed by atoms with Crippen LogP contribution in [0.1, 0.15) is 11.1 Å². The molecule has 0 aliphatic carbocycles. The summed E-state index contributed by atoms with van der Waals surface area (Å²) < 4.78 is 56.1. The Morgan fingerprint density at radius 1 is 0.939 bits per heavy atom. The molecule has 0 aliphatic heterocycles. The van der Waals surface area contributed by atoms with Crippen LogP contribution in [0.15, 0.2) is 83.6 Å². The van der Waals surface area contributed by atoms with Gasteiger partial charge in [-0.15, -0.1) is 0 Å². The number of pyridine rings is 2. The minimum Gasteiger partial charge on any atom is -0.393 e. The van der Waals surface area contributed by atoms with E-state index in [1.165, 1.54) is 48.8 Å². The minimum absolute atomic E-state index is 0.0207. The summed E-state index contributed by atoms with van der Waals surface area (Å²) in [6.07, 6.45) is 2.65. The van der Waals surface area contributed by atoms with Gasteiger partial charge in [0.25, 0.3) is 0 Å². The molecule has 0 atom stereocenters. The van der Waals surface area contributed by atoms with Gasteiger partial charge in [0.15, 0.2) is 0 Å². The predicted octanol–water partition coefficient (Wildman–Crippen LogP) is 7.21. The summed E-state index contributed by atoms with van der Waals surface area (Å²) in [5, 5.41) is 1.12. The molecule has 166 valence electrons. The lowest BCUT2D eigenvalue weighted by Gasteiger charge is -2.27. The number of nitrogens with zero attached hydrogens (tertiary/aromatic N) is 3. The maximum absolute atomic E-state index is 16.0. The Kier molecular flexibility index (Phi) is 6.41. The summed E-state index contributed by atoms with van der Waals surface area (Å²) in [7, 11) is -5.25. The molecule has 6 nitrogen and oxygen atoms in total.